The van der Waals surface area contributed by atoms with Gasteiger partial charge in [-0.15, -0.1) is 11.3 Å². The summed E-state index contributed by atoms with van der Waals surface area (Å²) in [4.78, 5) is 4.57. The van der Waals surface area contributed by atoms with Gasteiger partial charge in [-0.1, -0.05) is 25.1 Å². The average Bonchev–Trinajstić information content (AvgIpc) is 3.04. The lowest BCUT2D eigenvalue weighted by Gasteiger charge is -2.06. The third-order valence-corrected chi connectivity index (χ3v) is 4.80. The molecule has 0 amide bonds. The van der Waals surface area contributed by atoms with E-state index in [2.05, 4.69) is 52.3 Å². The highest BCUT2D eigenvalue weighted by molar-refractivity contribution is 7.09. The molecule has 3 nitrogen and oxygen atoms in total. The van der Waals surface area contributed by atoms with Gasteiger partial charge >= 0.3 is 0 Å². The lowest BCUT2D eigenvalue weighted by atomic mass is 10.0. The van der Waals surface area contributed by atoms with Crippen molar-refractivity contribution in [1.29, 1.82) is 0 Å². The third kappa shape index (κ3) is 3.01. The summed E-state index contributed by atoms with van der Waals surface area (Å²) >= 11 is 1.72. The summed E-state index contributed by atoms with van der Waals surface area (Å²) in [5.41, 5.74) is 9.85. The molecule has 2 N–H and O–H groups in total. The van der Waals surface area contributed by atoms with Crippen LogP contribution >= 0.6 is 11.3 Å². The van der Waals surface area contributed by atoms with Gasteiger partial charge in [0.15, 0.2) is 0 Å². The maximum Gasteiger partial charge on any atom is 0.113 e. The molecule has 21 heavy (non-hydrogen) atoms. The van der Waals surface area contributed by atoms with Crippen LogP contribution in [-0.2, 0) is 13.0 Å². The third-order valence-electron chi connectivity index (χ3n) is 3.85. The fraction of sp³-hybridized carbons (Fsp3) is 0.353. The van der Waals surface area contributed by atoms with Crippen LogP contribution in [0.3, 0.4) is 0 Å². The highest BCUT2D eigenvalue weighted by Gasteiger charge is 2.11. The van der Waals surface area contributed by atoms with Gasteiger partial charge in [0, 0.05) is 34.2 Å². The molecule has 0 fully saturated rings. The number of hydrogen-bond acceptors (Lipinski definition) is 3. The van der Waals surface area contributed by atoms with Gasteiger partial charge in [-0.2, -0.15) is 0 Å². The highest BCUT2D eigenvalue weighted by atomic mass is 32.1. The first kappa shape index (κ1) is 14.3. The first-order valence-electron chi connectivity index (χ1n) is 7.40. The van der Waals surface area contributed by atoms with E-state index in [1.54, 1.807) is 11.3 Å². The van der Waals surface area contributed by atoms with E-state index in [-0.39, 0.29) is 6.04 Å². The SMILES string of the molecule is CCC(N)Cc1cn(Cc2nc(C)cs2)c2ccccc12. The van der Waals surface area contributed by atoms with Crippen molar-refractivity contribution in [3.63, 3.8) is 0 Å². The van der Waals surface area contributed by atoms with E-state index in [0.717, 1.165) is 30.1 Å². The Morgan fingerprint density at radius 3 is 2.86 bits per heavy atom. The Hall–Kier alpha value is -1.65. The maximum absolute atomic E-state index is 6.14. The number of nitrogens with two attached hydrogens (primary N) is 1. The molecule has 0 saturated heterocycles. The lowest BCUT2D eigenvalue weighted by Crippen LogP contribution is -2.21. The molecule has 3 aromatic rings. The molecule has 0 aliphatic rings. The quantitative estimate of drug-likeness (QED) is 0.780. The number of fused-ring (bicyclic) bond motifs is 1. The standard InChI is InChI=1S/C17H21N3S/c1-3-14(18)8-13-9-20(10-17-19-12(2)11-21-17)16-7-5-4-6-15(13)16/h4-7,9,11,14H,3,8,10,18H2,1-2H3. The van der Waals surface area contributed by atoms with Gasteiger partial charge in [-0.05, 0) is 31.4 Å². The molecular weight excluding hydrogens is 278 g/mol. The number of aryl methyl sites for hydroxylation is 1. The van der Waals surface area contributed by atoms with Crippen molar-refractivity contribution in [2.45, 2.75) is 39.3 Å². The predicted molar refractivity (Wildman–Crippen MR) is 89.9 cm³/mol. The van der Waals surface area contributed by atoms with Crippen LogP contribution < -0.4 is 5.73 Å². The molecule has 1 atom stereocenters. The molecule has 0 saturated carbocycles. The second-order valence-electron chi connectivity index (χ2n) is 5.55. The van der Waals surface area contributed by atoms with Gasteiger partial charge in [-0.25, -0.2) is 4.98 Å². The molecular formula is C17H21N3S. The first-order valence-corrected chi connectivity index (χ1v) is 8.28. The normalized spacial score (nSPS) is 12.9. The smallest absolute Gasteiger partial charge is 0.113 e. The number of hydrogen-bond donors (Lipinski definition) is 1. The molecule has 2 heterocycles. The fourth-order valence-electron chi connectivity index (χ4n) is 2.66. The van der Waals surface area contributed by atoms with Crippen LogP contribution in [0, 0.1) is 6.92 Å². The zero-order valence-corrected chi connectivity index (χ0v) is 13.4. The number of nitrogens with zero attached hydrogens (tertiary/aromatic N) is 2. The minimum Gasteiger partial charge on any atom is -0.340 e. The first-order chi connectivity index (χ1) is 10.2. The molecule has 1 unspecified atom stereocenters. The lowest BCUT2D eigenvalue weighted by molar-refractivity contribution is 0.646. The Morgan fingerprint density at radius 2 is 2.14 bits per heavy atom. The van der Waals surface area contributed by atoms with Crippen LogP contribution in [0.4, 0.5) is 0 Å². The molecule has 3 rings (SSSR count). The van der Waals surface area contributed by atoms with Gasteiger partial charge in [0.2, 0.25) is 0 Å². The molecule has 110 valence electrons. The second-order valence-corrected chi connectivity index (χ2v) is 6.50. The number of rotatable bonds is 5. The van der Waals surface area contributed by atoms with E-state index in [1.807, 2.05) is 6.92 Å². The summed E-state index contributed by atoms with van der Waals surface area (Å²) in [5.74, 6) is 0. The summed E-state index contributed by atoms with van der Waals surface area (Å²) in [6.07, 6.45) is 4.18. The zero-order valence-electron chi connectivity index (χ0n) is 12.5. The van der Waals surface area contributed by atoms with Crippen molar-refractivity contribution >= 4 is 22.2 Å². The van der Waals surface area contributed by atoms with Crippen LogP contribution in [0.5, 0.6) is 0 Å². The Bertz CT molecular complexity index is 741. The summed E-state index contributed by atoms with van der Waals surface area (Å²) in [5, 5.41) is 4.57. The number of thiazole rings is 1. The molecule has 0 aliphatic heterocycles. The number of para-hydroxylation sites is 1. The van der Waals surface area contributed by atoms with Gasteiger partial charge in [0.05, 0.1) is 6.54 Å². The summed E-state index contributed by atoms with van der Waals surface area (Å²) < 4.78 is 2.30. The van der Waals surface area contributed by atoms with Crippen molar-refractivity contribution in [3.05, 3.63) is 52.1 Å². The van der Waals surface area contributed by atoms with Crippen LogP contribution in [0.25, 0.3) is 10.9 Å². The second kappa shape index (κ2) is 6.00. The average molecular weight is 299 g/mol. The highest BCUT2D eigenvalue weighted by Crippen LogP contribution is 2.24. The molecule has 0 aliphatic carbocycles. The molecule has 0 radical (unpaired) electrons. The van der Waals surface area contributed by atoms with Crippen molar-refractivity contribution < 1.29 is 0 Å². The Morgan fingerprint density at radius 1 is 1.33 bits per heavy atom. The van der Waals surface area contributed by atoms with Crippen LogP contribution in [0.2, 0.25) is 0 Å². The molecule has 2 aromatic heterocycles. The molecule has 0 bridgehead atoms. The van der Waals surface area contributed by atoms with Crippen LogP contribution in [0.1, 0.15) is 29.6 Å². The summed E-state index contributed by atoms with van der Waals surface area (Å²) in [7, 11) is 0. The summed E-state index contributed by atoms with van der Waals surface area (Å²) in [6, 6.07) is 8.79. The van der Waals surface area contributed by atoms with Gasteiger partial charge in [-0.3, -0.25) is 0 Å². The van der Waals surface area contributed by atoms with E-state index in [4.69, 9.17) is 5.73 Å². The van der Waals surface area contributed by atoms with E-state index < -0.39 is 0 Å². The van der Waals surface area contributed by atoms with Crippen LogP contribution in [0.15, 0.2) is 35.8 Å². The minimum absolute atomic E-state index is 0.228. The van der Waals surface area contributed by atoms with Crippen molar-refractivity contribution in [1.82, 2.24) is 9.55 Å². The monoisotopic (exact) mass is 299 g/mol. The van der Waals surface area contributed by atoms with E-state index in [9.17, 15) is 0 Å². The van der Waals surface area contributed by atoms with E-state index >= 15 is 0 Å². The predicted octanol–water partition coefficient (Wildman–Crippen LogP) is 3.73. The topological polar surface area (TPSA) is 43.8 Å². The summed E-state index contributed by atoms with van der Waals surface area (Å²) in [6.45, 7) is 5.02. The minimum atomic E-state index is 0.228. The maximum atomic E-state index is 6.14. The number of benzene rings is 1. The van der Waals surface area contributed by atoms with Crippen LogP contribution in [-0.4, -0.2) is 15.6 Å². The molecule has 0 spiro atoms. The van der Waals surface area contributed by atoms with E-state index in [1.165, 1.54) is 16.5 Å². The van der Waals surface area contributed by atoms with Crippen molar-refractivity contribution in [2.75, 3.05) is 0 Å². The molecule has 1 aromatic carbocycles. The Balaban J connectivity index is 1.98. The molecule has 4 heteroatoms. The van der Waals surface area contributed by atoms with Crippen molar-refractivity contribution in [3.8, 4) is 0 Å². The Labute approximate surface area is 129 Å². The largest absolute Gasteiger partial charge is 0.340 e. The van der Waals surface area contributed by atoms with Gasteiger partial charge in [0.1, 0.15) is 5.01 Å². The zero-order chi connectivity index (χ0) is 14.8. The fourth-order valence-corrected chi connectivity index (χ4v) is 3.43. The number of aromatic nitrogens is 2. The van der Waals surface area contributed by atoms with Crippen molar-refractivity contribution in [2.24, 2.45) is 5.73 Å². The van der Waals surface area contributed by atoms with E-state index in [0.29, 0.717) is 0 Å². The van der Waals surface area contributed by atoms with Gasteiger partial charge < -0.3 is 10.3 Å². The van der Waals surface area contributed by atoms with Gasteiger partial charge in [0.25, 0.3) is 0 Å². The Kier molecular flexibility index (Phi) is 4.08.